The maximum absolute atomic E-state index is 13.0. The maximum Gasteiger partial charge on any atom is 0.411 e. The summed E-state index contributed by atoms with van der Waals surface area (Å²) in [6.45, 7) is 8.51. The van der Waals surface area contributed by atoms with Crippen LogP contribution in [0.2, 0.25) is 0 Å². The summed E-state index contributed by atoms with van der Waals surface area (Å²) in [6, 6.07) is 12.7. The van der Waals surface area contributed by atoms with Gasteiger partial charge in [0.2, 0.25) is 0 Å². The van der Waals surface area contributed by atoms with Crippen LogP contribution in [0, 0.1) is 0 Å². The molecule has 7 nitrogen and oxygen atoms in total. The van der Waals surface area contributed by atoms with Crippen LogP contribution >= 0.6 is 11.6 Å². The van der Waals surface area contributed by atoms with Crippen LogP contribution in [-0.4, -0.2) is 36.3 Å². The van der Waals surface area contributed by atoms with Crippen molar-refractivity contribution in [2.75, 3.05) is 0 Å². The predicted octanol–water partition coefficient (Wildman–Crippen LogP) is 6.27. The van der Waals surface area contributed by atoms with Crippen molar-refractivity contribution in [2.45, 2.75) is 89.3 Å². The molecule has 8 heteroatoms. The monoisotopic (exact) mass is 507 g/mol. The van der Waals surface area contributed by atoms with Gasteiger partial charge in [-0.05, 0) is 82.2 Å². The van der Waals surface area contributed by atoms with E-state index in [2.05, 4.69) is 53.5 Å². The second-order valence-corrected chi connectivity index (χ2v) is 11.7. The molecule has 190 valence electrons. The van der Waals surface area contributed by atoms with Crippen molar-refractivity contribution in [3.8, 4) is 5.69 Å². The topological polar surface area (TPSA) is 73.1 Å². The average Bonchev–Trinajstić information content (AvgIpc) is 3.24. The van der Waals surface area contributed by atoms with Gasteiger partial charge in [0.15, 0.2) is 5.82 Å². The van der Waals surface area contributed by atoms with Crippen LogP contribution in [0.25, 0.3) is 5.69 Å². The van der Waals surface area contributed by atoms with Crippen LogP contribution in [0.3, 0.4) is 0 Å². The summed E-state index contributed by atoms with van der Waals surface area (Å²) in [4.78, 5) is 19.1. The number of ether oxygens (including phenoxy) is 1. The molecule has 0 radical (unpaired) electrons. The number of aryl methyl sites for hydroxylation is 1. The number of nitrogens with zero attached hydrogens (tertiary/aromatic N) is 5. The van der Waals surface area contributed by atoms with Crippen molar-refractivity contribution in [2.24, 2.45) is 0 Å². The summed E-state index contributed by atoms with van der Waals surface area (Å²) in [5, 5.41) is 8.34. The van der Waals surface area contributed by atoms with E-state index in [1.165, 1.54) is 5.69 Å². The van der Waals surface area contributed by atoms with Crippen LogP contribution in [-0.2, 0) is 29.1 Å². The third-order valence-electron chi connectivity index (χ3n) is 7.21. The molecule has 1 aromatic carbocycles. The van der Waals surface area contributed by atoms with Crippen molar-refractivity contribution in [1.29, 1.82) is 0 Å². The minimum atomic E-state index is -0.577. The molecule has 0 N–H and O–H groups in total. The summed E-state index contributed by atoms with van der Waals surface area (Å²) < 4.78 is 7.63. The first-order valence-electron chi connectivity index (χ1n) is 12.8. The lowest BCUT2D eigenvalue weighted by Crippen LogP contribution is -2.36. The highest BCUT2D eigenvalue weighted by Gasteiger charge is 2.37. The third kappa shape index (κ3) is 4.99. The van der Waals surface area contributed by atoms with Crippen LogP contribution in [0.15, 0.2) is 42.7 Å². The van der Waals surface area contributed by atoms with E-state index in [0.717, 1.165) is 54.6 Å². The Morgan fingerprint density at radius 1 is 1.17 bits per heavy atom. The van der Waals surface area contributed by atoms with Gasteiger partial charge in [0, 0.05) is 17.3 Å². The van der Waals surface area contributed by atoms with E-state index < -0.39 is 10.5 Å². The van der Waals surface area contributed by atoms with Gasteiger partial charge in [-0.15, -0.1) is 21.8 Å². The average molecular weight is 508 g/mol. The largest absolute Gasteiger partial charge is 0.444 e. The Labute approximate surface area is 217 Å². The van der Waals surface area contributed by atoms with Gasteiger partial charge in [-0.1, -0.05) is 25.1 Å². The lowest BCUT2D eigenvalue weighted by atomic mass is 9.76. The van der Waals surface area contributed by atoms with Crippen LogP contribution in [0.1, 0.15) is 87.6 Å². The van der Waals surface area contributed by atoms with Crippen LogP contribution in [0.4, 0.5) is 4.79 Å². The van der Waals surface area contributed by atoms with Crippen LogP contribution < -0.4 is 0 Å². The minimum absolute atomic E-state index is 0.330. The van der Waals surface area contributed by atoms with Gasteiger partial charge < -0.3 is 4.74 Å². The van der Waals surface area contributed by atoms with Crippen LogP contribution in [0.5, 0.6) is 0 Å². The summed E-state index contributed by atoms with van der Waals surface area (Å²) in [6.07, 6.45) is 6.04. The molecule has 2 aromatic heterocycles. The molecule has 0 bridgehead atoms. The van der Waals surface area contributed by atoms with Gasteiger partial charge in [-0.2, -0.15) is 0 Å². The number of fused-ring (bicyclic) bond motifs is 3. The molecule has 1 amide bonds. The number of hydrogen-bond donors (Lipinski definition) is 0. The number of halogens is 1. The van der Waals surface area contributed by atoms with Gasteiger partial charge in [0.25, 0.3) is 0 Å². The predicted molar refractivity (Wildman–Crippen MR) is 139 cm³/mol. The number of amides is 1. The molecule has 0 spiro atoms. The van der Waals surface area contributed by atoms with Crippen molar-refractivity contribution in [1.82, 2.24) is 24.6 Å². The quantitative estimate of drug-likeness (QED) is 0.391. The number of pyridine rings is 1. The second-order valence-electron chi connectivity index (χ2n) is 10.9. The van der Waals surface area contributed by atoms with E-state index in [-0.39, 0.29) is 6.09 Å². The van der Waals surface area contributed by atoms with Crippen molar-refractivity contribution in [3.05, 3.63) is 71.1 Å². The maximum atomic E-state index is 13.0. The van der Waals surface area contributed by atoms with E-state index in [4.69, 9.17) is 21.3 Å². The number of hydrogen-bond acceptors (Lipinski definition) is 5. The Morgan fingerprint density at radius 3 is 2.67 bits per heavy atom. The molecular formula is C28H34ClN5O2. The van der Waals surface area contributed by atoms with Gasteiger partial charge >= 0.3 is 6.09 Å². The molecule has 5 rings (SSSR count). The molecule has 0 atom stereocenters. The molecule has 36 heavy (non-hydrogen) atoms. The highest BCUT2D eigenvalue weighted by Crippen LogP contribution is 2.48. The van der Waals surface area contributed by atoms with Crippen molar-refractivity contribution >= 4 is 17.7 Å². The molecule has 0 unspecified atom stereocenters. The second kappa shape index (κ2) is 9.51. The Hall–Kier alpha value is -2.93. The zero-order valence-corrected chi connectivity index (χ0v) is 22.3. The zero-order valence-electron chi connectivity index (χ0n) is 21.5. The number of alkyl halides is 1. The van der Waals surface area contributed by atoms with Gasteiger partial charge in [0.05, 0.1) is 23.7 Å². The Bertz CT molecular complexity index is 1260. The van der Waals surface area contributed by atoms with Gasteiger partial charge in [-0.25, -0.2) is 4.79 Å². The molecule has 3 heterocycles. The van der Waals surface area contributed by atoms with E-state index in [1.807, 2.05) is 25.3 Å². The standard InChI is InChI=1S/C28H34ClN5O2/c1-5-22-7-6-8-23(31-22)19-11-13-28(29,14-12-19)21-9-10-24-20(15-21)16-33(26(35)36-27(2,3)4)17-25-32-30-18-34(24)25/h6-10,15,18-19H,5,11-14,16-17H2,1-4H3. The summed E-state index contributed by atoms with van der Waals surface area (Å²) in [5.74, 6) is 1.14. The van der Waals surface area contributed by atoms with E-state index >= 15 is 0 Å². The van der Waals surface area contributed by atoms with E-state index in [9.17, 15) is 4.79 Å². The molecule has 1 fully saturated rings. The number of rotatable bonds is 3. The highest BCUT2D eigenvalue weighted by atomic mass is 35.5. The summed E-state index contributed by atoms with van der Waals surface area (Å²) in [7, 11) is 0. The highest BCUT2D eigenvalue weighted by molar-refractivity contribution is 6.24. The zero-order chi connectivity index (χ0) is 25.5. The van der Waals surface area contributed by atoms with Gasteiger partial charge in [0.1, 0.15) is 11.9 Å². The smallest absolute Gasteiger partial charge is 0.411 e. The van der Waals surface area contributed by atoms with E-state index in [1.54, 1.807) is 11.2 Å². The molecule has 2 aliphatic rings. The van der Waals surface area contributed by atoms with Crippen molar-refractivity contribution < 1.29 is 9.53 Å². The number of carbonyl (C=O) groups excluding carboxylic acids is 1. The summed E-state index contributed by atoms with van der Waals surface area (Å²) >= 11 is 7.30. The SMILES string of the molecule is CCc1cccc(C2CCC(Cl)(c3ccc4c(c3)CN(C(=O)OC(C)(C)C)Cc3nncn3-4)CC2)n1. The molecule has 3 aromatic rings. The minimum Gasteiger partial charge on any atom is -0.444 e. The van der Waals surface area contributed by atoms with Gasteiger partial charge in [-0.3, -0.25) is 14.5 Å². The molecule has 0 saturated heterocycles. The molecule has 1 saturated carbocycles. The van der Waals surface area contributed by atoms with Crippen molar-refractivity contribution in [3.63, 3.8) is 0 Å². The molecule has 1 aliphatic heterocycles. The third-order valence-corrected chi connectivity index (χ3v) is 7.80. The number of aromatic nitrogens is 4. The fourth-order valence-electron chi connectivity index (χ4n) is 5.26. The Kier molecular flexibility index (Phi) is 6.54. The molecule has 1 aliphatic carbocycles. The first kappa shape index (κ1) is 24.8. The van der Waals surface area contributed by atoms with E-state index in [0.29, 0.717) is 24.8 Å². The Morgan fingerprint density at radius 2 is 1.94 bits per heavy atom. The number of carbonyl (C=O) groups is 1. The Balaban J connectivity index is 1.40. The first-order chi connectivity index (χ1) is 17.1. The fraction of sp³-hybridized carbons (Fsp3) is 0.500. The lowest BCUT2D eigenvalue weighted by Gasteiger charge is -2.36. The normalized spacial score (nSPS) is 21.9. The first-order valence-corrected chi connectivity index (χ1v) is 13.2. The molecular weight excluding hydrogens is 474 g/mol. The number of benzene rings is 1. The summed E-state index contributed by atoms with van der Waals surface area (Å²) in [5.41, 5.74) is 4.83. The fourth-order valence-corrected chi connectivity index (χ4v) is 5.60. The lowest BCUT2D eigenvalue weighted by molar-refractivity contribution is 0.0214.